The van der Waals surface area contributed by atoms with Gasteiger partial charge in [0.05, 0.1) is 13.8 Å². The minimum absolute atomic E-state index is 0.00463. The molecule has 0 heterocycles. The summed E-state index contributed by atoms with van der Waals surface area (Å²) in [6.07, 6.45) is -0.671. The van der Waals surface area contributed by atoms with Gasteiger partial charge in [-0.2, -0.15) is 0 Å². The van der Waals surface area contributed by atoms with Gasteiger partial charge in [-0.15, -0.1) is 0 Å². The molecule has 0 bridgehead atoms. The Kier molecular flexibility index (Phi) is 2.89. The van der Waals surface area contributed by atoms with Crippen molar-refractivity contribution in [1.29, 1.82) is 0 Å². The molecule has 3 nitrogen and oxygen atoms in total. The zero-order valence-electron chi connectivity index (χ0n) is 6.97. The maximum absolute atomic E-state index is 10.3. The fourth-order valence-electron chi connectivity index (χ4n) is 0.351. The monoisotopic (exact) mass is 161 g/mol. The molecule has 0 aliphatic carbocycles. The van der Waals surface area contributed by atoms with Crippen LogP contribution in [0.5, 0.6) is 0 Å². The number of carbonyl (C=O) groups excluding carboxylic acids is 1. The highest BCUT2D eigenvalue weighted by Crippen LogP contribution is 2.09. The lowest BCUT2D eigenvalue weighted by atomic mass is 10.8. The van der Waals surface area contributed by atoms with Crippen LogP contribution in [-0.4, -0.2) is 19.9 Å². The van der Waals surface area contributed by atoms with E-state index >= 15 is 0 Å². The van der Waals surface area contributed by atoms with E-state index in [1.165, 1.54) is 0 Å². The lowest BCUT2D eigenvalue weighted by Crippen LogP contribution is -2.40. The van der Waals surface area contributed by atoms with Crippen molar-refractivity contribution in [2.75, 3.05) is 0 Å². The van der Waals surface area contributed by atoms with Crippen LogP contribution in [-0.2, 0) is 4.74 Å². The summed E-state index contributed by atoms with van der Waals surface area (Å²) in [6, 6.07) is 0. The molecule has 0 radical (unpaired) electrons. The fourth-order valence-corrected chi connectivity index (χ4v) is 0.821. The molecule has 0 saturated heterocycles. The number of amides is 1. The third kappa shape index (κ3) is 3.50. The maximum atomic E-state index is 10.3. The quantitative estimate of drug-likeness (QED) is 0.621. The first-order valence-corrected chi connectivity index (χ1v) is 6.88. The van der Waals surface area contributed by atoms with Gasteiger partial charge in [0.1, 0.15) is 0 Å². The second-order valence-electron chi connectivity index (χ2n) is 3.45. The van der Waals surface area contributed by atoms with Crippen molar-refractivity contribution in [1.82, 2.24) is 0 Å². The van der Waals surface area contributed by atoms with Crippen LogP contribution in [0, 0.1) is 0 Å². The van der Waals surface area contributed by atoms with E-state index in [0.717, 1.165) is 0 Å². The van der Waals surface area contributed by atoms with Gasteiger partial charge in [0.2, 0.25) is 0 Å². The second-order valence-corrected chi connectivity index (χ2v) is 8.99. The summed E-state index contributed by atoms with van der Waals surface area (Å²) in [5, 5.41) is 0. The third-order valence-corrected chi connectivity index (χ3v) is 4.07. The molecule has 4 heteroatoms. The molecule has 0 aliphatic heterocycles. The molecule has 0 spiro atoms. The minimum Gasteiger partial charge on any atom is -0.451 e. The minimum atomic E-state index is -1.35. The number of ether oxygens (including phenoxy) is 1. The van der Waals surface area contributed by atoms with E-state index in [2.05, 4.69) is 19.6 Å². The predicted molar refractivity (Wildman–Crippen MR) is 43.5 cm³/mol. The molecule has 0 aromatic rings. The van der Waals surface area contributed by atoms with E-state index in [1.807, 2.05) is 6.92 Å². The Balaban J connectivity index is 3.85. The molecule has 10 heavy (non-hydrogen) atoms. The highest BCUT2D eigenvalue weighted by Gasteiger charge is 2.24. The molecule has 0 aromatic carbocycles. The normalized spacial score (nSPS) is 14.4. The first-order chi connectivity index (χ1) is 4.34. The second kappa shape index (κ2) is 3.05. The molecule has 0 saturated carbocycles. The van der Waals surface area contributed by atoms with Gasteiger partial charge in [-0.05, 0) is 6.92 Å². The first kappa shape index (κ1) is 9.49. The molecule has 0 rings (SSSR count). The van der Waals surface area contributed by atoms with Crippen LogP contribution in [0.3, 0.4) is 0 Å². The summed E-state index contributed by atoms with van der Waals surface area (Å²) in [5.74, 6) is 0. The van der Waals surface area contributed by atoms with Gasteiger partial charge < -0.3 is 10.5 Å². The summed E-state index contributed by atoms with van der Waals surface area (Å²) < 4.78 is 4.82. The number of hydrogen-bond acceptors (Lipinski definition) is 2. The Morgan fingerprint density at radius 1 is 1.50 bits per heavy atom. The molecule has 1 amide bonds. The van der Waals surface area contributed by atoms with Gasteiger partial charge in [0.15, 0.2) is 0 Å². The summed E-state index contributed by atoms with van der Waals surface area (Å²) >= 11 is 0. The Labute approximate surface area is 62.6 Å². The SMILES string of the molecule is CC(OC(N)=O)[Si](C)(C)C. The largest absolute Gasteiger partial charge is 0.451 e. The number of hydrogen-bond donors (Lipinski definition) is 1. The molecule has 1 atom stereocenters. The number of nitrogens with two attached hydrogens (primary N) is 1. The number of rotatable bonds is 2. The molecular weight excluding hydrogens is 146 g/mol. The summed E-state index contributed by atoms with van der Waals surface area (Å²) in [5.41, 5.74) is 4.86. The van der Waals surface area contributed by atoms with E-state index < -0.39 is 14.2 Å². The smallest absolute Gasteiger partial charge is 0.404 e. The van der Waals surface area contributed by atoms with E-state index in [-0.39, 0.29) is 5.73 Å². The van der Waals surface area contributed by atoms with Crippen molar-refractivity contribution in [3.8, 4) is 0 Å². The van der Waals surface area contributed by atoms with Crippen molar-refractivity contribution in [2.24, 2.45) is 5.73 Å². The van der Waals surface area contributed by atoms with Gasteiger partial charge >= 0.3 is 6.09 Å². The number of carbonyl (C=O) groups is 1. The molecule has 60 valence electrons. The van der Waals surface area contributed by atoms with Crippen LogP contribution in [0.25, 0.3) is 0 Å². The lowest BCUT2D eigenvalue weighted by Gasteiger charge is -2.23. The predicted octanol–water partition coefficient (Wildman–Crippen LogP) is 1.35. The standard InChI is InChI=1S/C6H15NO2Si/c1-5(9-6(7)8)10(2,3)4/h5H,1-4H3,(H2,7,8). The summed E-state index contributed by atoms with van der Waals surface area (Å²) in [6.45, 7) is 8.26. The van der Waals surface area contributed by atoms with Crippen LogP contribution in [0.4, 0.5) is 4.79 Å². The van der Waals surface area contributed by atoms with E-state index in [1.54, 1.807) is 0 Å². The van der Waals surface area contributed by atoms with E-state index in [0.29, 0.717) is 0 Å². The first-order valence-electron chi connectivity index (χ1n) is 3.30. The molecular formula is C6H15NO2Si. The van der Waals surface area contributed by atoms with Crippen molar-refractivity contribution in [2.45, 2.75) is 32.3 Å². The third-order valence-electron chi connectivity index (χ3n) is 1.51. The Hall–Kier alpha value is -0.513. The maximum Gasteiger partial charge on any atom is 0.404 e. The zero-order valence-corrected chi connectivity index (χ0v) is 7.97. The van der Waals surface area contributed by atoms with Crippen molar-refractivity contribution >= 4 is 14.2 Å². The lowest BCUT2D eigenvalue weighted by molar-refractivity contribution is 0.145. The van der Waals surface area contributed by atoms with Gasteiger partial charge in [-0.1, -0.05) is 19.6 Å². The van der Waals surface area contributed by atoms with Crippen molar-refractivity contribution in [3.63, 3.8) is 0 Å². The molecule has 0 fully saturated rings. The zero-order chi connectivity index (χ0) is 8.36. The van der Waals surface area contributed by atoms with Crippen LogP contribution in [0.2, 0.25) is 19.6 Å². The highest BCUT2D eigenvalue weighted by atomic mass is 28.3. The van der Waals surface area contributed by atoms with E-state index in [9.17, 15) is 4.79 Å². The van der Waals surface area contributed by atoms with Gasteiger partial charge in [0.25, 0.3) is 0 Å². The van der Waals surface area contributed by atoms with E-state index in [4.69, 9.17) is 10.5 Å². The summed E-state index contributed by atoms with van der Waals surface area (Å²) in [4.78, 5) is 10.3. The Morgan fingerprint density at radius 3 is 2.00 bits per heavy atom. The summed E-state index contributed by atoms with van der Waals surface area (Å²) in [7, 11) is -1.35. The molecule has 0 aromatic heterocycles. The molecule has 2 N–H and O–H groups in total. The molecule has 1 unspecified atom stereocenters. The number of primary amides is 1. The van der Waals surface area contributed by atoms with Gasteiger partial charge in [0, 0.05) is 0 Å². The van der Waals surface area contributed by atoms with Crippen molar-refractivity contribution in [3.05, 3.63) is 0 Å². The van der Waals surface area contributed by atoms with Crippen LogP contribution < -0.4 is 5.73 Å². The topological polar surface area (TPSA) is 52.3 Å². The van der Waals surface area contributed by atoms with Gasteiger partial charge in [-0.25, -0.2) is 4.79 Å². The fraction of sp³-hybridized carbons (Fsp3) is 0.833. The Bertz CT molecular complexity index is 130. The highest BCUT2D eigenvalue weighted by molar-refractivity contribution is 6.77. The molecule has 0 aliphatic rings. The average molecular weight is 161 g/mol. The van der Waals surface area contributed by atoms with Crippen molar-refractivity contribution < 1.29 is 9.53 Å². The van der Waals surface area contributed by atoms with Gasteiger partial charge in [-0.3, -0.25) is 0 Å². The van der Waals surface area contributed by atoms with Crippen LogP contribution >= 0.6 is 0 Å². The Morgan fingerprint density at radius 2 is 1.90 bits per heavy atom. The average Bonchev–Trinajstić information content (AvgIpc) is 1.60. The van der Waals surface area contributed by atoms with Crippen LogP contribution in [0.1, 0.15) is 6.92 Å². The van der Waals surface area contributed by atoms with Crippen LogP contribution in [0.15, 0.2) is 0 Å².